The molecule has 4 rings (SSSR count). The Morgan fingerprint density at radius 2 is 1.04 bits per heavy atom. The van der Waals surface area contributed by atoms with E-state index in [9.17, 15) is 0 Å². The van der Waals surface area contributed by atoms with Crippen LogP contribution < -0.4 is 15.9 Å². The summed E-state index contributed by atoms with van der Waals surface area (Å²) in [4.78, 5) is 0. The molecule has 0 amide bonds. The minimum atomic E-state index is -0.726. The van der Waals surface area contributed by atoms with Gasteiger partial charge in [0.15, 0.2) is 0 Å². The van der Waals surface area contributed by atoms with Crippen molar-refractivity contribution in [1.29, 1.82) is 0 Å². The second kappa shape index (κ2) is 9.06. The summed E-state index contributed by atoms with van der Waals surface area (Å²) >= 11 is 6.67. The smallest absolute Gasteiger partial charge is 0.0807 e. The van der Waals surface area contributed by atoms with Crippen LogP contribution in [0.1, 0.15) is 11.3 Å². The minimum absolute atomic E-state index is 0.0518. The highest BCUT2D eigenvalue weighted by Gasteiger charge is 2.27. The SMILES string of the molecule is Clc1ccccc1[C@@H](Nc1ccccc1)P(c1ccccc1)c1ccccc1. The van der Waals surface area contributed by atoms with Gasteiger partial charge in [-0.25, -0.2) is 0 Å². The first-order valence-corrected chi connectivity index (χ1v) is 11.1. The lowest BCUT2D eigenvalue weighted by atomic mass is 10.2. The topological polar surface area (TPSA) is 12.0 Å². The van der Waals surface area contributed by atoms with Crippen molar-refractivity contribution in [2.75, 3.05) is 5.32 Å². The monoisotopic (exact) mass is 401 g/mol. The summed E-state index contributed by atoms with van der Waals surface area (Å²) in [5.74, 6) is 0.0518. The van der Waals surface area contributed by atoms with E-state index in [-0.39, 0.29) is 5.78 Å². The number of nitrogens with one attached hydrogen (secondary N) is 1. The van der Waals surface area contributed by atoms with Crippen LogP contribution in [-0.2, 0) is 0 Å². The zero-order valence-corrected chi connectivity index (χ0v) is 17.0. The van der Waals surface area contributed by atoms with Crippen LogP contribution >= 0.6 is 19.5 Å². The molecule has 0 aliphatic heterocycles. The van der Waals surface area contributed by atoms with Gasteiger partial charge >= 0.3 is 0 Å². The van der Waals surface area contributed by atoms with Crippen molar-refractivity contribution in [2.45, 2.75) is 5.78 Å². The Balaban J connectivity index is 1.87. The molecule has 1 atom stereocenters. The molecule has 0 saturated heterocycles. The molecule has 3 heteroatoms. The van der Waals surface area contributed by atoms with Gasteiger partial charge in [-0.05, 0) is 42.3 Å². The number of para-hydroxylation sites is 1. The lowest BCUT2D eigenvalue weighted by molar-refractivity contribution is 1.10. The first-order valence-electron chi connectivity index (χ1n) is 9.28. The number of rotatable bonds is 6. The number of benzene rings is 4. The molecule has 0 fully saturated rings. The van der Waals surface area contributed by atoms with Crippen molar-refractivity contribution in [3.8, 4) is 0 Å². The summed E-state index contributed by atoms with van der Waals surface area (Å²) in [6, 6.07) is 39.9. The molecule has 0 heterocycles. The molecule has 0 bridgehead atoms. The number of hydrogen-bond donors (Lipinski definition) is 1. The average molecular weight is 402 g/mol. The van der Waals surface area contributed by atoms with Crippen LogP contribution in [0.4, 0.5) is 5.69 Å². The van der Waals surface area contributed by atoms with Gasteiger partial charge in [-0.3, -0.25) is 0 Å². The third-order valence-corrected chi connectivity index (χ3v) is 7.58. The van der Waals surface area contributed by atoms with Crippen LogP contribution in [0.5, 0.6) is 0 Å². The zero-order valence-electron chi connectivity index (χ0n) is 15.4. The molecule has 0 spiro atoms. The summed E-state index contributed by atoms with van der Waals surface area (Å²) in [5, 5.41) is 7.20. The van der Waals surface area contributed by atoms with Gasteiger partial charge in [0.05, 0.1) is 5.78 Å². The van der Waals surface area contributed by atoms with Crippen molar-refractivity contribution in [3.05, 3.63) is 126 Å². The average Bonchev–Trinajstić information content (AvgIpc) is 2.76. The van der Waals surface area contributed by atoms with E-state index in [2.05, 4.69) is 102 Å². The molecule has 1 N–H and O–H groups in total. The molecule has 1 nitrogen and oxygen atoms in total. The Hall–Kier alpha value is -2.60. The zero-order chi connectivity index (χ0) is 19.2. The van der Waals surface area contributed by atoms with E-state index in [4.69, 9.17) is 11.6 Å². The van der Waals surface area contributed by atoms with Crippen LogP contribution in [0, 0.1) is 0 Å². The molecular formula is C25H21ClNP. The van der Waals surface area contributed by atoms with Gasteiger partial charge in [0.2, 0.25) is 0 Å². The van der Waals surface area contributed by atoms with Gasteiger partial charge in [-0.1, -0.05) is 109 Å². The minimum Gasteiger partial charge on any atom is -0.374 e. The van der Waals surface area contributed by atoms with Gasteiger partial charge in [0.1, 0.15) is 0 Å². The molecule has 0 radical (unpaired) electrons. The van der Waals surface area contributed by atoms with Crippen molar-refractivity contribution in [1.82, 2.24) is 0 Å². The molecule has 0 aromatic heterocycles. The van der Waals surface area contributed by atoms with Crippen LogP contribution in [-0.4, -0.2) is 0 Å². The Kier molecular flexibility index (Phi) is 6.07. The standard InChI is InChI=1S/C25H21ClNP/c26-24-19-11-10-18-23(24)25(27-20-12-4-1-5-13-20)28(21-14-6-2-7-15-21)22-16-8-3-9-17-22/h1-19,25,27H/t25-/m0/s1. The third kappa shape index (κ3) is 4.28. The van der Waals surface area contributed by atoms with Crippen molar-refractivity contribution < 1.29 is 0 Å². The molecule has 0 saturated carbocycles. The summed E-state index contributed by atoms with van der Waals surface area (Å²) < 4.78 is 0. The number of halogens is 1. The van der Waals surface area contributed by atoms with E-state index in [1.165, 1.54) is 10.6 Å². The molecule has 0 unspecified atom stereocenters. The second-order valence-corrected chi connectivity index (χ2v) is 9.17. The predicted octanol–water partition coefficient (Wildman–Crippen LogP) is 6.58. The Labute approximate surface area is 172 Å². The van der Waals surface area contributed by atoms with Crippen LogP contribution in [0.2, 0.25) is 5.02 Å². The highest BCUT2D eigenvalue weighted by molar-refractivity contribution is 7.73. The third-order valence-electron chi connectivity index (χ3n) is 4.60. The van der Waals surface area contributed by atoms with Gasteiger partial charge in [-0.2, -0.15) is 0 Å². The highest BCUT2D eigenvalue weighted by atomic mass is 35.5. The van der Waals surface area contributed by atoms with Gasteiger partial charge in [0, 0.05) is 10.7 Å². The fourth-order valence-corrected chi connectivity index (χ4v) is 6.28. The van der Waals surface area contributed by atoms with E-state index in [1.807, 2.05) is 18.2 Å². The lowest BCUT2D eigenvalue weighted by Crippen LogP contribution is -2.22. The molecule has 4 aromatic carbocycles. The maximum absolute atomic E-state index is 6.67. The van der Waals surface area contributed by atoms with E-state index >= 15 is 0 Å². The Morgan fingerprint density at radius 3 is 1.57 bits per heavy atom. The quantitative estimate of drug-likeness (QED) is 0.359. The van der Waals surface area contributed by atoms with Gasteiger partial charge in [-0.15, -0.1) is 0 Å². The van der Waals surface area contributed by atoms with E-state index in [0.717, 1.165) is 16.3 Å². The van der Waals surface area contributed by atoms with Crippen LogP contribution in [0.3, 0.4) is 0 Å². The normalized spacial score (nSPS) is 11.9. The largest absolute Gasteiger partial charge is 0.374 e. The van der Waals surface area contributed by atoms with Crippen molar-refractivity contribution in [3.63, 3.8) is 0 Å². The molecule has 4 aromatic rings. The van der Waals surface area contributed by atoms with Crippen LogP contribution in [0.25, 0.3) is 0 Å². The Bertz CT molecular complexity index is 967. The predicted molar refractivity (Wildman–Crippen MR) is 123 cm³/mol. The van der Waals surface area contributed by atoms with Crippen LogP contribution in [0.15, 0.2) is 115 Å². The first-order chi connectivity index (χ1) is 13.8. The molecular weight excluding hydrogens is 381 g/mol. The van der Waals surface area contributed by atoms with E-state index in [1.54, 1.807) is 0 Å². The fraction of sp³-hybridized carbons (Fsp3) is 0.0400. The molecule has 28 heavy (non-hydrogen) atoms. The van der Waals surface area contributed by atoms with E-state index < -0.39 is 7.92 Å². The Morgan fingerprint density at radius 1 is 0.571 bits per heavy atom. The fourth-order valence-electron chi connectivity index (χ4n) is 3.29. The summed E-state index contributed by atoms with van der Waals surface area (Å²) in [6.45, 7) is 0. The van der Waals surface area contributed by atoms with Gasteiger partial charge < -0.3 is 5.32 Å². The first kappa shape index (κ1) is 18.7. The highest BCUT2D eigenvalue weighted by Crippen LogP contribution is 2.51. The second-order valence-electron chi connectivity index (χ2n) is 6.48. The molecule has 0 aliphatic rings. The van der Waals surface area contributed by atoms with E-state index in [0.29, 0.717) is 0 Å². The summed E-state index contributed by atoms with van der Waals surface area (Å²) in [7, 11) is -0.726. The number of hydrogen-bond acceptors (Lipinski definition) is 1. The van der Waals surface area contributed by atoms with Crippen molar-refractivity contribution in [2.24, 2.45) is 0 Å². The van der Waals surface area contributed by atoms with Crippen molar-refractivity contribution >= 4 is 35.8 Å². The number of anilines is 1. The molecule has 138 valence electrons. The lowest BCUT2D eigenvalue weighted by Gasteiger charge is -2.31. The van der Waals surface area contributed by atoms with Gasteiger partial charge in [0.25, 0.3) is 0 Å². The maximum Gasteiger partial charge on any atom is 0.0807 e. The summed E-state index contributed by atoms with van der Waals surface area (Å²) in [6.07, 6.45) is 0. The molecule has 0 aliphatic carbocycles. The summed E-state index contributed by atoms with van der Waals surface area (Å²) in [5.41, 5.74) is 2.21. The maximum atomic E-state index is 6.67.